The van der Waals surface area contributed by atoms with Gasteiger partial charge in [-0.25, -0.2) is 17.4 Å². The molecule has 2 heterocycles. The summed E-state index contributed by atoms with van der Waals surface area (Å²) in [5.41, 5.74) is 7.93. The van der Waals surface area contributed by atoms with Crippen LogP contribution in [0.5, 0.6) is 0 Å². The van der Waals surface area contributed by atoms with E-state index in [1.807, 2.05) is 0 Å². The molecule has 34 heavy (non-hydrogen) atoms. The Morgan fingerprint density at radius 2 is 1.74 bits per heavy atom. The number of nitrogen functional groups attached to an aromatic ring is 1. The van der Waals surface area contributed by atoms with Crippen molar-refractivity contribution < 1.29 is 12.8 Å². The molecule has 0 spiro atoms. The highest BCUT2D eigenvalue weighted by molar-refractivity contribution is 7.90. The summed E-state index contributed by atoms with van der Waals surface area (Å²) >= 11 is 0. The van der Waals surface area contributed by atoms with Gasteiger partial charge in [0.1, 0.15) is 0 Å². The third-order valence-corrected chi connectivity index (χ3v) is 13.5. The van der Waals surface area contributed by atoms with Gasteiger partial charge < -0.3 is 15.5 Å². The van der Waals surface area contributed by atoms with E-state index in [1.54, 1.807) is 42.6 Å². The lowest BCUT2D eigenvalue weighted by Gasteiger charge is -2.41. The number of benzene rings is 1. The zero-order valence-electron chi connectivity index (χ0n) is 20.7. The molecule has 3 N–H and O–H groups in total. The Hall–Kier alpha value is -2.36. The monoisotopic (exact) mass is 500 g/mol. The van der Waals surface area contributed by atoms with E-state index in [-0.39, 0.29) is 16.0 Å². The van der Waals surface area contributed by atoms with Crippen LogP contribution in [-0.4, -0.2) is 37.8 Å². The average Bonchev–Trinajstić information content (AvgIpc) is 3.22. The molecule has 9 heteroatoms. The van der Waals surface area contributed by atoms with Crippen LogP contribution in [-0.2, 0) is 14.4 Å². The molecule has 0 atom stereocenters. The van der Waals surface area contributed by atoms with Crippen molar-refractivity contribution in [3.05, 3.63) is 48.8 Å². The van der Waals surface area contributed by atoms with Crippen molar-refractivity contribution in [3.63, 3.8) is 0 Å². The van der Waals surface area contributed by atoms with Crippen molar-refractivity contribution >= 4 is 40.7 Å². The predicted octanol–water partition coefficient (Wildman–Crippen LogP) is 5.60. The number of nitrogens with one attached hydrogen (secondary N) is 1. The predicted molar refractivity (Wildman–Crippen MR) is 141 cm³/mol. The smallest absolute Gasteiger partial charge is 0.269 e. The maximum absolute atomic E-state index is 13.2. The number of rotatable bonds is 6. The summed E-state index contributed by atoms with van der Waals surface area (Å²) in [6.45, 7) is 11.4. The third-order valence-electron chi connectivity index (χ3n) is 7.30. The summed E-state index contributed by atoms with van der Waals surface area (Å²) in [5.74, 6) is 0. The van der Waals surface area contributed by atoms with Gasteiger partial charge in [-0.1, -0.05) is 39.0 Å². The van der Waals surface area contributed by atoms with Crippen molar-refractivity contribution in [3.8, 4) is 0 Å². The lowest BCUT2D eigenvalue weighted by atomic mass is 9.93. The highest BCUT2D eigenvalue weighted by atomic mass is 32.2. The number of nitrogens with two attached hydrogens (primary N) is 1. The molecule has 0 saturated heterocycles. The van der Waals surface area contributed by atoms with Crippen LogP contribution in [0.3, 0.4) is 0 Å². The molecular formula is C25H36N4O3SSi. The summed E-state index contributed by atoms with van der Waals surface area (Å²) in [6, 6.07) is 10.4. The maximum atomic E-state index is 13.2. The lowest BCUT2D eigenvalue weighted by Crippen LogP contribution is -2.45. The van der Waals surface area contributed by atoms with Crippen LogP contribution in [0.2, 0.25) is 18.1 Å². The summed E-state index contributed by atoms with van der Waals surface area (Å²) in [6.07, 6.45) is 7.34. The summed E-state index contributed by atoms with van der Waals surface area (Å²) in [7, 11) is -5.53. The highest BCUT2D eigenvalue weighted by Gasteiger charge is 2.39. The second kappa shape index (κ2) is 9.01. The van der Waals surface area contributed by atoms with Gasteiger partial charge in [0.15, 0.2) is 14.0 Å². The molecule has 1 aliphatic rings. The van der Waals surface area contributed by atoms with Crippen LogP contribution in [0, 0.1) is 0 Å². The van der Waals surface area contributed by atoms with E-state index < -0.39 is 18.3 Å². The van der Waals surface area contributed by atoms with Crippen LogP contribution < -0.4 is 11.1 Å². The molecule has 1 saturated carbocycles. The topological polar surface area (TPSA) is 99.2 Å². The van der Waals surface area contributed by atoms with Crippen molar-refractivity contribution in [2.24, 2.45) is 0 Å². The van der Waals surface area contributed by atoms with E-state index >= 15 is 0 Å². The van der Waals surface area contributed by atoms with Crippen LogP contribution in [0.15, 0.2) is 53.7 Å². The summed E-state index contributed by atoms with van der Waals surface area (Å²) in [5, 5.41) is 4.50. The van der Waals surface area contributed by atoms with Gasteiger partial charge in [0.2, 0.25) is 0 Å². The van der Waals surface area contributed by atoms with E-state index in [2.05, 4.69) is 44.2 Å². The Morgan fingerprint density at radius 3 is 2.35 bits per heavy atom. The first-order chi connectivity index (χ1) is 15.9. The fraction of sp³-hybridized carbons (Fsp3) is 0.480. The van der Waals surface area contributed by atoms with Gasteiger partial charge in [-0.3, -0.25) is 0 Å². The first-order valence-corrected chi connectivity index (χ1v) is 16.3. The number of aromatic nitrogens is 2. The van der Waals surface area contributed by atoms with Gasteiger partial charge in [-0.15, -0.1) is 0 Å². The van der Waals surface area contributed by atoms with Gasteiger partial charge in [0, 0.05) is 23.7 Å². The number of anilines is 2. The molecule has 2 aromatic heterocycles. The quantitative estimate of drug-likeness (QED) is 0.427. The zero-order valence-corrected chi connectivity index (χ0v) is 22.5. The van der Waals surface area contributed by atoms with Crippen molar-refractivity contribution in [2.45, 2.75) is 81.6 Å². The Balaban J connectivity index is 1.52. The second-order valence-corrected chi connectivity index (χ2v) is 17.3. The molecule has 1 aliphatic carbocycles. The van der Waals surface area contributed by atoms with Gasteiger partial charge in [0.05, 0.1) is 22.5 Å². The van der Waals surface area contributed by atoms with E-state index in [4.69, 9.17) is 10.2 Å². The molecule has 3 aromatic rings. The maximum Gasteiger partial charge on any atom is 0.269 e. The fourth-order valence-corrected chi connectivity index (χ4v) is 7.01. The largest absolute Gasteiger partial charge is 0.414 e. The van der Waals surface area contributed by atoms with Gasteiger partial charge in [-0.2, -0.15) is 0 Å². The summed E-state index contributed by atoms with van der Waals surface area (Å²) < 4.78 is 34.2. The van der Waals surface area contributed by atoms with Gasteiger partial charge >= 0.3 is 0 Å². The Labute approximate surface area is 203 Å². The molecule has 1 fully saturated rings. The third kappa shape index (κ3) is 4.74. The standard InChI is InChI=1S/C25H36N4O3SSi/c1-25(2,3)34(4,5)32-19-13-11-18(12-14-19)28-23-21-15-16-29(24(21)27-17-22(23)26)33(30,31)20-9-7-6-8-10-20/h6-10,15-19H,11-14,26H2,1-5H3,(H,27,28). The van der Waals surface area contributed by atoms with Gasteiger partial charge in [-0.05, 0) is 62.0 Å². The minimum absolute atomic E-state index is 0.201. The molecule has 0 unspecified atom stereocenters. The van der Waals surface area contributed by atoms with Crippen molar-refractivity contribution in [2.75, 3.05) is 11.1 Å². The van der Waals surface area contributed by atoms with E-state index in [9.17, 15) is 8.42 Å². The number of fused-ring (bicyclic) bond motifs is 1. The molecule has 1 aromatic carbocycles. The van der Waals surface area contributed by atoms with Crippen molar-refractivity contribution in [1.82, 2.24) is 8.96 Å². The average molecular weight is 501 g/mol. The normalized spacial score (nSPS) is 19.9. The zero-order chi connectivity index (χ0) is 24.7. The summed E-state index contributed by atoms with van der Waals surface area (Å²) in [4.78, 5) is 4.59. The van der Waals surface area contributed by atoms with Crippen LogP contribution >= 0.6 is 0 Å². The lowest BCUT2D eigenvalue weighted by molar-refractivity contribution is 0.133. The van der Waals surface area contributed by atoms with Gasteiger partial charge in [0.25, 0.3) is 10.0 Å². The van der Waals surface area contributed by atoms with Crippen LogP contribution in [0.1, 0.15) is 46.5 Å². The number of pyridine rings is 1. The van der Waals surface area contributed by atoms with E-state index in [1.165, 1.54) is 10.2 Å². The Bertz CT molecular complexity index is 1260. The molecule has 0 amide bonds. The molecular weight excluding hydrogens is 464 g/mol. The molecule has 4 rings (SSSR count). The van der Waals surface area contributed by atoms with E-state index in [0.29, 0.717) is 22.8 Å². The molecule has 184 valence electrons. The second-order valence-electron chi connectivity index (χ2n) is 10.8. The number of hydrogen-bond donors (Lipinski definition) is 2. The highest BCUT2D eigenvalue weighted by Crippen LogP contribution is 2.40. The van der Waals surface area contributed by atoms with Crippen molar-refractivity contribution in [1.29, 1.82) is 0 Å². The molecule has 0 radical (unpaired) electrons. The Morgan fingerprint density at radius 1 is 1.09 bits per heavy atom. The first kappa shape index (κ1) is 24.8. The van der Waals surface area contributed by atoms with Crippen LogP contribution in [0.25, 0.3) is 11.0 Å². The number of nitrogens with zero attached hydrogens (tertiary/aromatic N) is 2. The SMILES string of the molecule is CC(C)(C)[Si](C)(C)OC1CCC(Nc2c(N)cnc3c2ccn3S(=O)(=O)c2ccccc2)CC1. The fourth-order valence-electron chi connectivity index (χ4n) is 4.26. The molecule has 7 nitrogen and oxygen atoms in total. The molecule has 0 bridgehead atoms. The Kier molecular flexibility index (Phi) is 6.56. The minimum atomic E-state index is -3.75. The molecule has 0 aliphatic heterocycles. The van der Waals surface area contributed by atoms with E-state index in [0.717, 1.165) is 31.4 Å². The minimum Gasteiger partial charge on any atom is -0.414 e. The number of hydrogen-bond acceptors (Lipinski definition) is 6. The van der Waals surface area contributed by atoms with Crippen LogP contribution in [0.4, 0.5) is 11.4 Å². The first-order valence-electron chi connectivity index (χ1n) is 11.9.